The molecule has 0 saturated heterocycles. The molecule has 7 heteroatoms. The Hall–Kier alpha value is -1.89. The van der Waals surface area contributed by atoms with Gasteiger partial charge in [-0.3, -0.25) is 9.00 Å². The first-order chi connectivity index (χ1) is 12.1. The van der Waals surface area contributed by atoms with E-state index in [1.54, 1.807) is 35.6 Å². The third-order valence-corrected chi connectivity index (χ3v) is 5.82. The Labute approximate surface area is 157 Å². The molecule has 3 rings (SSSR count). The number of benzene rings is 1. The number of amides is 1. The van der Waals surface area contributed by atoms with Gasteiger partial charge in [0.15, 0.2) is 5.76 Å². The van der Waals surface area contributed by atoms with E-state index >= 15 is 0 Å². The molecule has 1 N–H and O–H groups in total. The van der Waals surface area contributed by atoms with E-state index in [-0.39, 0.29) is 17.4 Å². The molecule has 1 aromatic carbocycles. The maximum Gasteiger partial charge on any atom is 0.287 e. The predicted molar refractivity (Wildman–Crippen MR) is 101 cm³/mol. The molecule has 1 atom stereocenters. The van der Waals surface area contributed by atoms with Crippen LogP contribution in [0.4, 0.5) is 0 Å². The first-order valence-electron chi connectivity index (χ1n) is 7.59. The Morgan fingerprint density at radius 2 is 1.92 bits per heavy atom. The molecule has 0 aliphatic rings. The molecule has 4 nitrogen and oxygen atoms in total. The van der Waals surface area contributed by atoms with Crippen molar-refractivity contribution in [2.45, 2.75) is 18.1 Å². The van der Waals surface area contributed by atoms with Crippen LogP contribution in [0.5, 0.6) is 0 Å². The number of nitrogens with one attached hydrogen (secondary N) is 1. The summed E-state index contributed by atoms with van der Waals surface area (Å²) in [6.45, 7) is 0.467. The molecule has 0 aliphatic carbocycles. The fraction of sp³-hybridized carbons (Fsp3) is 0.167. The number of carbonyl (C=O) groups is 1. The zero-order valence-corrected chi connectivity index (χ0v) is 15.6. The van der Waals surface area contributed by atoms with Gasteiger partial charge in [0, 0.05) is 26.5 Å². The van der Waals surface area contributed by atoms with Crippen LogP contribution >= 0.6 is 22.9 Å². The molecular weight excluding hydrogens is 378 g/mol. The third kappa shape index (κ3) is 5.29. The smallest absolute Gasteiger partial charge is 0.287 e. The largest absolute Gasteiger partial charge is 0.455 e. The summed E-state index contributed by atoms with van der Waals surface area (Å²) in [7, 11) is -1.12. The zero-order chi connectivity index (χ0) is 17.6. The minimum absolute atomic E-state index is 0.232. The van der Waals surface area contributed by atoms with Crippen molar-refractivity contribution in [2.24, 2.45) is 0 Å². The van der Waals surface area contributed by atoms with Gasteiger partial charge in [0.05, 0.1) is 12.3 Å². The van der Waals surface area contributed by atoms with Gasteiger partial charge in [-0.2, -0.15) is 0 Å². The van der Waals surface area contributed by atoms with E-state index in [1.807, 2.05) is 29.6 Å². The molecule has 25 heavy (non-hydrogen) atoms. The Balaban J connectivity index is 1.52. The van der Waals surface area contributed by atoms with Crippen molar-refractivity contribution < 1.29 is 13.4 Å². The van der Waals surface area contributed by atoms with E-state index in [9.17, 15) is 9.00 Å². The highest BCUT2D eigenvalue weighted by molar-refractivity contribution is 7.83. The standard InChI is InChI=1S/C18H16ClNO3S2/c19-14-5-3-13(4-6-14)11-25(22)12-15-7-8-17(23-15)18(21)20-10-16-2-1-9-24-16/h1-9H,10-12H2,(H,20,21)/t25-/m0/s1. The van der Waals surface area contributed by atoms with Gasteiger partial charge in [-0.05, 0) is 41.3 Å². The van der Waals surface area contributed by atoms with Crippen molar-refractivity contribution >= 4 is 39.6 Å². The van der Waals surface area contributed by atoms with Crippen LogP contribution in [0, 0.1) is 0 Å². The number of rotatable bonds is 7. The summed E-state index contributed by atoms with van der Waals surface area (Å²) in [5, 5.41) is 5.41. The number of halogens is 1. The van der Waals surface area contributed by atoms with Crippen LogP contribution in [0.1, 0.15) is 26.8 Å². The van der Waals surface area contributed by atoms with Gasteiger partial charge in [-0.25, -0.2) is 0 Å². The summed E-state index contributed by atoms with van der Waals surface area (Å²) in [5.74, 6) is 1.17. The maximum atomic E-state index is 12.2. The predicted octanol–water partition coefficient (Wildman–Crippen LogP) is 4.37. The molecule has 0 radical (unpaired) electrons. The van der Waals surface area contributed by atoms with Crippen molar-refractivity contribution in [3.63, 3.8) is 0 Å². The Morgan fingerprint density at radius 3 is 2.64 bits per heavy atom. The van der Waals surface area contributed by atoms with E-state index in [2.05, 4.69) is 5.32 Å². The highest BCUT2D eigenvalue weighted by Gasteiger charge is 2.13. The van der Waals surface area contributed by atoms with Crippen LogP contribution in [-0.2, 0) is 28.9 Å². The summed E-state index contributed by atoms with van der Waals surface area (Å²) in [4.78, 5) is 13.1. The van der Waals surface area contributed by atoms with Crippen molar-refractivity contribution in [1.29, 1.82) is 0 Å². The van der Waals surface area contributed by atoms with Gasteiger partial charge >= 0.3 is 0 Å². The van der Waals surface area contributed by atoms with E-state index in [0.717, 1.165) is 10.4 Å². The average Bonchev–Trinajstić information content (AvgIpc) is 3.26. The Kier molecular flexibility index (Phi) is 6.07. The van der Waals surface area contributed by atoms with E-state index < -0.39 is 10.8 Å². The zero-order valence-electron chi connectivity index (χ0n) is 13.2. The van der Waals surface area contributed by atoms with Crippen LogP contribution in [0.2, 0.25) is 5.02 Å². The van der Waals surface area contributed by atoms with Crippen LogP contribution in [0.15, 0.2) is 58.3 Å². The molecule has 0 saturated carbocycles. The third-order valence-electron chi connectivity index (χ3n) is 3.43. The minimum Gasteiger partial charge on any atom is -0.455 e. The van der Waals surface area contributed by atoms with Crippen molar-refractivity contribution in [3.05, 3.63) is 80.9 Å². The van der Waals surface area contributed by atoms with Crippen LogP contribution in [0.3, 0.4) is 0 Å². The molecule has 0 unspecified atom stereocenters. The summed E-state index contributed by atoms with van der Waals surface area (Å²) >= 11 is 7.42. The fourth-order valence-electron chi connectivity index (χ4n) is 2.22. The van der Waals surface area contributed by atoms with E-state index in [0.29, 0.717) is 23.1 Å². The second kappa shape index (κ2) is 8.47. The second-order valence-electron chi connectivity index (χ2n) is 5.38. The first kappa shape index (κ1) is 17.9. The molecule has 2 heterocycles. The van der Waals surface area contributed by atoms with E-state index in [1.165, 1.54) is 0 Å². The molecule has 0 spiro atoms. The van der Waals surface area contributed by atoms with Crippen molar-refractivity contribution in [2.75, 3.05) is 0 Å². The van der Waals surface area contributed by atoms with Gasteiger partial charge < -0.3 is 9.73 Å². The number of furan rings is 1. The lowest BCUT2D eigenvalue weighted by molar-refractivity contribution is 0.0922. The number of hydrogen-bond acceptors (Lipinski definition) is 4. The quantitative estimate of drug-likeness (QED) is 0.648. The number of thiophene rings is 1. The number of carbonyl (C=O) groups excluding carboxylic acids is 1. The fourth-order valence-corrected chi connectivity index (χ4v) is 4.13. The minimum atomic E-state index is -1.12. The lowest BCUT2D eigenvalue weighted by atomic mass is 10.2. The average molecular weight is 394 g/mol. The topological polar surface area (TPSA) is 59.3 Å². The Morgan fingerprint density at radius 1 is 1.12 bits per heavy atom. The van der Waals surface area contributed by atoms with E-state index in [4.69, 9.17) is 16.0 Å². The normalized spacial score (nSPS) is 12.0. The van der Waals surface area contributed by atoms with Gasteiger partial charge in [0.25, 0.3) is 5.91 Å². The lowest BCUT2D eigenvalue weighted by Crippen LogP contribution is -2.21. The molecule has 2 aromatic heterocycles. The molecule has 130 valence electrons. The molecule has 0 aliphatic heterocycles. The van der Waals surface area contributed by atoms with Crippen molar-refractivity contribution in [1.82, 2.24) is 5.32 Å². The maximum absolute atomic E-state index is 12.2. The van der Waals surface area contributed by atoms with Gasteiger partial charge in [-0.1, -0.05) is 29.8 Å². The molecule has 0 bridgehead atoms. The van der Waals surface area contributed by atoms with Gasteiger partial charge in [-0.15, -0.1) is 11.3 Å². The summed E-state index contributed by atoms with van der Waals surface area (Å²) in [5.41, 5.74) is 0.947. The highest BCUT2D eigenvalue weighted by Crippen LogP contribution is 2.15. The van der Waals surface area contributed by atoms with Crippen LogP contribution < -0.4 is 5.32 Å². The molecule has 1 amide bonds. The van der Waals surface area contributed by atoms with Crippen molar-refractivity contribution in [3.8, 4) is 0 Å². The lowest BCUT2D eigenvalue weighted by Gasteiger charge is -2.02. The summed E-state index contributed by atoms with van der Waals surface area (Å²) in [6, 6.07) is 14.5. The van der Waals surface area contributed by atoms with Crippen LogP contribution in [0.25, 0.3) is 0 Å². The molecule has 3 aromatic rings. The highest BCUT2D eigenvalue weighted by atomic mass is 35.5. The first-order valence-corrected chi connectivity index (χ1v) is 10.3. The SMILES string of the molecule is O=C(NCc1cccs1)c1ccc(C[S@@](=O)Cc2ccc(Cl)cc2)o1. The van der Waals surface area contributed by atoms with Gasteiger partial charge in [0.1, 0.15) is 5.76 Å². The Bertz CT molecular complexity index is 857. The molecular formula is C18H16ClNO3S2. The monoisotopic (exact) mass is 393 g/mol. The number of hydrogen-bond donors (Lipinski definition) is 1. The van der Waals surface area contributed by atoms with Gasteiger partial charge in [0.2, 0.25) is 0 Å². The van der Waals surface area contributed by atoms with Crippen LogP contribution in [-0.4, -0.2) is 10.1 Å². The summed E-state index contributed by atoms with van der Waals surface area (Å²) < 4.78 is 17.8. The molecule has 0 fully saturated rings. The second-order valence-corrected chi connectivity index (χ2v) is 8.31. The summed E-state index contributed by atoms with van der Waals surface area (Å²) in [6.07, 6.45) is 0.